The molecule has 2 aliphatic rings. The first-order valence-corrected chi connectivity index (χ1v) is 12.8. The Morgan fingerprint density at radius 2 is 1.36 bits per heavy atom. The zero-order chi connectivity index (χ0) is 25.0. The molecule has 2 aromatic carbocycles. The maximum atomic E-state index is 13.7. The topological polar surface area (TPSA) is 59.1 Å². The molecule has 8 heteroatoms. The fraction of sp³-hybridized carbons (Fsp3) is 0.429. The molecule has 0 amide bonds. The third kappa shape index (κ3) is 6.09. The van der Waals surface area contributed by atoms with Crippen molar-refractivity contribution in [2.45, 2.75) is 76.0 Å². The van der Waals surface area contributed by atoms with Crippen LogP contribution >= 0.6 is 0 Å². The maximum Gasteiger partial charge on any atom is 0.421 e. The minimum Gasteiger partial charge on any atom is -0.490 e. The normalized spacial score (nSPS) is 17.2. The van der Waals surface area contributed by atoms with Gasteiger partial charge in [-0.2, -0.15) is 18.2 Å². The van der Waals surface area contributed by atoms with Crippen molar-refractivity contribution in [3.8, 4) is 5.75 Å². The Morgan fingerprint density at radius 3 is 2.03 bits per heavy atom. The molecule has 0 saturated heterocycles. The molecule has 2 saturated carbocycles. The average Bonchev–Trinajstić information content (AvgIpc) is 3.41. The molecule has 36 heavy (non-hydrogen) atoms. The highest BCUT2D eigenvalue weighted by atomic mass is 19.4. The number of ether oxygens (including phenoxy) is 1. The number of anilines is 4. The van der Waals surface area contributed by atoms with E-state index in [-0.39, 0.29) is 17.9 Å². The van der Waals surface area contributed by atoms with Crippen LogP contribution in [0, 0.1) is 0 Å². The van der Waals surface area contributed by atoms with E-state index in [9.17, 15) is 13.2 Å². The summed E-state index contributed by atoms with van der Waals surface area (Å²) >= 11 is 0. The van der Waals surface area contributed by atoms with Crippen molar-refractivity contribution in [3.63, 3.8) is 0 Å². The maximum absolute atomic E-state index is 13.7. The molecule has 190 valence electrons. The summed E-state index contributed by atoms with van der Waals surface area (Å²) in [5.74, 6) is 1.10. The quantitative estimate of drug-likeness (QED) is 0.344. The van der Waals surface area contributed by atoms with Crippen molar-refractivity contribution in [2.75, 3.05) is 10.6 Å². The zero-order valence-corrected chi connectivity index (χ0v) is 20.2. The Kier molecular flexibility index (Phi) is 7.30. The number of rotatable bonds is 7. The number of aromatic nitrogens is 2. The Hall–Kier alpha value is -3.29. The van der Waals surface area contributed by atoms with Crippen LogP contribution in [0.1, 0.15) is 74.8 Å². The van der Waals surface area contributed by atoms with Crippen molar-refractivity contribution in [3.05, 3.63) is 65.9 Å². The molecular formula is C28H31F3N4O. The molecular weight excluding hydrogens is 465 g/mol. The SMILES string of the molecule is FC(F)(F)c1cnc(Nc2ccc(C3CCCC3)cc2)nc1Nc1ccc(OC2CCCCC2)cc1. The van der Waals surface area contributed by atoms with E-state index < -0.39 is 11.7 Å². The summed E-state index contributed by atoms with van der Waals surface area (Å²) < 4.78 is 47.0. The van der Waals surface area contributed by atoms with Crippen LogP contribution < -0.4 is 15.4 Å². The second-order valence-electron chi connectivity index (χ2n) is 9.71. The minimum atomic E-state index is -4.59. The highest BCUT2D eigenvalue weighted by Crippen LogP contribution is 2.37. The van der Waals surface area contributed by atoms with E-state index in [0.29, 0.717) is 11.6 Å². The lowest BCUT2D eigenvalue weighted by molar-refractivity contribution is -0.137. The monoisotopic (exact) mass is 496 g/mol. The lowest BCUT2D eigenvalue weighted by Crippen LogP contribution is -2.19. The molecule has 5 rings (SSSR count). The van der Waals surface area contributed by atoms with E-state index in [4.69, 9.17) is 4.74 Å². The summed E-state index contributed by atoms with van der Waals surface area (Å²) in [6.07, 6.45) is 7.01. The van der Waals surface area contributed by atoms with Gasteiger partial charge in [0, 0.05) is 17.6 Å². The standard InChI is InChI=1S/C28H31F3N4O/c29-28(30,31)25-18-32-27(34-22-12-10-20(11-13-22)19-6-4-5-7-19)35-26(25)33-21-14-16-24(17-15-21)36-23-8-2-1-3-9-23/h10-19,23H,1-9H2,(H2,32,33,34,35). The molecule has 1 aromatic heterocycles. The molecule has 0 unspecified atom stereocenters. The van der Waals surface area contributed by atoms with Gasteiger partial charge in [-0.15, -0.1) is 0 Å². The van der Waals surface area contributed by atoms with Crippen LogP contribution in [-0.4, -0.2) is 16.1 Å². The van der Waals surface area contributed by atoms with Crippen molar-refractivity contribution >= 4 is 23.1 Å². The predicted molar refractivity (Wildman–Crippen MR) is 135 cm³/mol. The smallest absolute Gasteiger partial charge is 0.421 e. The molecule has 2 aliphatic carbocycles. The number of hydrogen-bond acceptors (Lipinski definition) is 5. The van der Waals surface area contributed by atoms with E-state index in [0.717, 1.165) is 30.5 Å². The Morgan fingerprint density at radius 1 is 0.750 bits per heavy atom. The van der Waals surface area contributed by atoms with Gasteiger partial charge in [-0.3, -0.25) is 0 Å². The molecule has 2 fully saturated rings. The number of hydrogen-bond donors (Lipinski definition) is 2. The predicted octanol–water partition coefficient (Wildman–Crippen LogP) is 8.35. The third-order valence-electron chi connectivity index (χ3n) is 7.06. The van der Waals surface area contributed by atoms with E-state index in [1.54, 1.807) is 24.3 Å². The van der Waals surface area contributed by atoms with Crippen LogP contribution in [0.15, 0.2) is 54.7 Å². The summed E-state index contributed by atoms with van der Waals surface area (Å²) in [5.41, 5.74) is 1.59. The molecule has 0 atom stereocenters. The van der Waals surface area contributed by atoms with Gasteiger partial charge in [0.05, 0.1) is 6.10 Å². The van der Waals surface area contributed by atoms with Crippen LogP contribution in [0.5, 0.6) is 5.75 Å². The second-order valence-corrected chi connectivity index (χ2v) is 9.71. The zero-order valence-electron chi connectivity index (χ0n) is 20.2. The summed E-state index contributed by atoms with van der Waals surface area (Å²) in [6, 6.07) is 14.9. The highest BCUT2D eigenvalue weighted by molar-refractivity contribution is 5.63. The van der Waals surface area contributed by atoms with Crippen LogP contribution in [0.25, 0.3) is 0 Å². The fourth-order valence-electron chi connectivity index (χ4n) is 5.10. The number of nitrogens with one attached hydrogen (secondary N) is 2. The molecule has 2 N–H and O–H groups in total. The van der Waals surface area contributed by atoms with Gasteiger partial charge in [0.2, 0.25) is 5.95 Å². The van der Waals surface area contributed by atoms with Gasteiger partial charge < -0.3 is 15.4 Å². The van der Waals surface area contributed by atoms with E-state index in [1.807, 2.05) is 12.1 Å². The minimum absolute atomic E-state index is 0.0939. The molecule has 1 heterocycles. The lowest BCUT2D eigenvalue weighted by atomic mass is 9.98. The van der Waals surface area contributed by atoms with Gasteiger partial charge in [-0.05, 0) is 86.4 Å². The lowest BCUT2D eigenvalue weighted by Gasteiger charge is -2.23. The van der Waals surface area contributed by atoms with Gasteiger partial charge in [0.1, 0.15) is 17.1 Å². The largest absolute Gasteiger partial charge is 0.490 e. The molecule has 0 spiro atoms. The van der Waals surface area contributed by atoms with Crippen molar-refractivity contribution in [1.82, 2.24) is 9.97 Å². The van der Waals surface area contributed by atoms with E-state index in [1.165, 1.54) is 50.5 Å². The molecule has 0 radical (unpaired) electrons. The van der Waals surface area contributed by atoms with Gasteiger partial charge in [-0.1, -0.05) is 31.4 Å². The number of alkyl halides is 3. The third-order valence-corrected chi connectivity index (χ3v) is 7.06. The van der Waals surface area contributed by atoms with E-state index in [2.05, 4.69) is 32.7 Å². The van der Waals surface area contributed by atoms with Crippen molar-refractivity contribution in [1.29, 1.82) is 0 Å². The summed E-state index contributed by atoms with van der Waals surface area (Å²) in [7, 11) is 0. The first kappa shape index (κ1) is 24.4. The molecule has 5 nitrogen and oxygen atoms in total. The van der Waals surface area contributed by atoms with Gasteiger partial charge in [0.15, 0.2) is 0 Å². The number of nitrogens with zero attached hydrogens (tertiary/aromatic N) is 2. The molecule has 0 aliphatic heterocycles. The van der Waals surface area contributed by atoms with Crippen molar-refractivity contribution in [2.24, 2.45) is 0 Å². The number of halogens is 3. The van der Waals surface area contributed by atoms with Crippen LogP contribution in [0.4, 0.5) is 36.3 Å². The first-order chi connectivity index (χ1) is 17.4. The first-order valence-electron chi connectivity index (χ1n) is 12.8. The summed E-state index contributed by atoms with van der Waals surface area (Å²) in [4.78, 5) is 8.08. The molecule has 3 aromatic rings. The number of benzene rings is 2. The van der Waals surface area contributed by atoms with Gasteiger partial charge in [0.25, 0.3) is 0 Å². The van der Waals surface area contributed by atoms with E-state index >= 15 is 0 Å². The summed E-state index contributed by atoms with van der Waals surface area (Å²) in [6.45, 7) is 0. The average molecular weight is 497 g/mol. The highest BCUT2D eigenvalue weighted by Gasteiger charge is 2.35. The van der Waals surface area contributed by atoms with Gasteiger partial charge in [-0.25, -0.2) is 4.98 Å². The van der Waals surface area contributed by atoms with Crippen LogP contribution in [-0.2, 0) is 6.18 Å². The Labute approximate surface area is 209 Å². The second kappa shape index (κ2) is 10.8. The molecule has 0 bridgehead atoms. The summed E-state index contributed by atoms with van der Waals surface area (Å²) in [5, 5.41) is 5.85. The van der Waals surface area contributed by atoms with Gasteiger partial charge >= 0.3 is 6.18 Å². The van der Waals surface area contributed by atoms with Crippen LogP contribution in [0.3, 0.4) is 0 Å². The fourth-order valence-corrected chi connectivity index (χ4v) is 5.10. The van der Waals surface area contributed by atoms with Crippen LogP contribution in [0.2, 0.25) is 0 Å². The van der Waals surface area contributed by atoms with Crippen molar-refractivity contribution < 1.29 is 17.9 Å². The Balaban J connectivity index is 1.30. The Bertz CT molecular complexity index is 1140.